The van der Waals surface area contributed by atoms with E-state index in [1.165, 1.54) is 12.5 Å². The molecule has 1 unspecified atom stereocenters. The molecule has 0 saturated carbocycles. The average Bonchev–Trinajstić information content (AvgIpc) is 3.19. The fourth-order valence-corrected chi connectivity index (χ4v) is 3.80. The Labute approximate surface area is 155 Å². The average molecular weight is 389 g/mol. The zero-order valence-electron chi connectivity index (χ0n) is 13.7. The van der Waals surface area contributed by atoms with E-state index in [0.717, 1.165) is 22.0 Å². The first-order chi connectivity index (χ1) is 12.3. The second-order valence-electron chi connectivity index (χ2n) is 6.20. The SMILES string of the molecule is C[N+]1(c2n[nH]c3cc(Cl)c(-c4ccccc4)cc23)C=NC(S(N)(=O)=O)=C1. The predicted molar refractivity (Wildman–Crippen MR) is 104 cm³/mol. The Balaban J connectivity index is 1.91. The molecule has 0 spiro atoms. The molecule has 132 valence electrons. The number of nitrogens with two attached hydrogens (primary N) is 1. The Bertz CT molecular complexity index is 1180. The van der Waals surface area contributed by atoms with Gasteiger partial charge in [0.1, 0.15) is 6.20 Å². The van der Waals surface area contributed by atoms with Crippen LogP contribution in [0.25, 0.3) is 22.0 Å². The number of primary sulfonamides is 1. The number of H-pyrrole nitrogens is 1. The molecule has 9 heteroatoms. The van der Waals surface area contributed by atoms with Crippen LogP contribution in [0.1, 0.15) is 0 Å². The van der Waals surface area contributed by atoms with Crippen LogP contribution in [-0.2, 0) is 10.0 Å². The molecule has 0 amide bonds. The van der Waals surface area contributed by atoms with Gasteiger partial charge in [-0.25, -0.2) is 18.0 Å². The first kappa shape index (κ1) is 16.9. The number of nitrogens with zero attached hydrogens (tertiary/aromatic N) is 3. The molecule has 0 fully saturated rings. The van der Waals surface area contributed by atoms with Crippen molar-refractivity contribution in [2.45, 2.75) is 0 Å². The summed E-state index contributed by atoms with van der Waals surface area (Å²) in [7, 11) is -2.12. The van der Waals surface area contributed by atoms with Crippen LogP contribution in [-0.4, -0.2) is 32.0 Å². The van der Waals surface area contributed by atoms with E-state index in [1.54, 1.807) is 13.1 Å². The van der Waals surface area contributed by atoms with Gasteiger partial charge in [0.15, 0.2) is 0 Å². The van der Waals surface area contributed by atoms with Crippen LogP contribution >= 0.6 is 11.6 Å². The minimum Gasteiger partial charge on any atom is -0.272 e. The van der Waals surface area contributed by atoms with Gasteiger partial charge in [0.2, 0.25) is 11.4 Å². The maximum absolute atomic E-state index is 11.6. The molecular weight excluding hydrogens is 374 g/mol. The highest BCUT2D eigenvalue weighted by atomic mass is 35.5. The zero-order chi connectivity index (χ0) is 18.5. The molecule has 0 aliphatic carbocycles. The van der Waals surface area contributed by atoms with Crippen LogP contribution in [0.4, 0.5) is 5.82 Å². The molecule has 1 atom stereocenters. The van der Waals surface area contributed by atoms with E-state index in [-0.39, 0.29) is 9.51 Å². The van der Waals surface area contributed by atoms with Crippen molar-refractivity contribution in [1.29, 1.82) is 0 Å². The molecule has 0 radical (unpaired) electrons. The fraction of sp³-hybridized carbons (Fsp3) is 0.0588. The van der Waals surface area contributed by atoms with Gasteiger partial charge in [-0.1, -0.05) is 41.9 Å². The topological polar surface area (TPSA) is 101 Å². The van der Waals surface area contributed by atoms with Gasteiger partial charge in [-0.3, -0.25) is 5.10 Å². The van der Waals surface area contributed by atoms with Crippen molar-refractivity contribution in [2.75, 3.05) is 7.05 Å². The molecule has 3 N–H and O–H groups in total. The largest absolute Gasteiger partial charge is 0.272 e. The lowest BCUT2D eigenvalue weighted by molar-refractivity contribution is 0.602. The number of aromatic amines is 1. The number of sulfonamides is 1. The Kier molecular flexibility index (Phi) is 3.74. The number of nitrogens with one attached hydrogen (secondary N) is 1. The molecule has 0 bridgehead atoms. The highest BCUT2D eigenvalue weighted by Crippen LogP contribution is 2.37. The second-order valence-corrected chi connectivity index (χ2v) is 8.11. The summed E-state index contributed by atoms with van der Waals surface area (Å²) in [5, 5.41) is 13.7. The third-order valence-corrected chi connectivity index (χ3v) is 5.37. The molecule has 1 aliphatic heterocycles. The number of fused-ring (bicyclic) bond motifs is 1. The third kappa shape index (κ3) is 2.73. The van der Waals surface area contributed by atoms with Gasteiger partial charge in [0.25, 0.3) is 15.8 Å². The maximum Gasteiger partial charge on any atom is 0.264 e. The number of benzene rings is 2. The predicted octanol–water partition coefficient (Wildman–Crippen LogP) is 2.95. The summed E-state index contributed by atoms with van der Waals surface area (Å²) >= 11 is 6.44. The van der Waals surface area contributed by atoms with E-state index in [0.29, 0.717) is 10.8 Å². The van der Waals surface area contributed by atoms with Crippen LogP contribution in [0.2, 0.25) is 5.02 Å². The van der Waals surface area contributed by atoms with Gasteiger partial charge >= 0.3 is 0 Å². The Morgan fingerprint density at radius 1 is 1.19 bits per heavy atom. The van der Waals surface area contributed by atoms with E-state index in [2.05, 4.69) is 15.2 Å². The number of halogens is 1. The van der Waals surface area contributed by atoms with Crippen LogP contribution in [0.5, 0.6) is 0 Å². The van der Waals surface area contributed by atoms with Crippen molar-refractivity contribution in [2.24, 2.45) is 10.1 Å². The van der Waals surface area contributed by atoms with Crippen molar-refractivity contribution in [3.05, 3.63) is 58.7 Å². The number of hydrogen-bond acceptors (Lipinski definition) is 4. The minimum atomic E-state index is -3.89. The van der Waals surface area contributed by atoms with Crippen molar-refractivity contribution in [1.82, 2.24) is 14.7 Å². The van der Waals surface area contributed by atoms with E-state index in [9.17, 15) is 8.42 Å². The van der Waals surface area contributed by atoms with Crippen molar-refractivity contribution >= 4 is 44.7 Å². The quantitative estimate of drug-likeness (QED) is 0.674. The Hall–Kier alpha value is -2.52. The van der Waals surface area contributed by atoms with Crippen LogP contribution in [0, 0.1) is 0 Å². The summed E-state index contributed by atoms with van der Waals surface area (Å²) < 4.78 is 23.1. The zero-order valence-corrected chi connectivity index (χ0v) is 15.3. The number of rotatable bonds is 3. The molecule has 1 aromatic heterocycles. The highest BCUT2D eigenvalue weighted by molar-refractivity contribution is 7.93. The first-order valence-electron chi connectivity index (χ1n) is 7.68. The van der Waals surface area contributed by atoms with E-state index in [4.69, 9.17) is 16.7 Å². The molecule has 7 nitrogen and oxygen atoms in total. The lowest BCUT2D eigenvalue weighted by Gasteiger charge is -2.18. The summed E-state index contributed by atoms with van der Waals surface area (Å²) in [4.78, 5) is 3.94. The molecule has 2 heterocycles. The normalized spacial score (nSPS) is 19.9. The van der Waals surface area contributed by atoms with Gasteiger partial charge in [-0.2, -0.15) is 4.99 Å². The molecule has 2 aromatic carbocycles. The van der Waals surface area contributed by atoms with E-state index in [1.807, 2.05) is 36.4 Å². The smallest absolute Gasteiger partial charge is 0.264 e. The van der Waals surface area contributed by atoms with Gasteiger partial charge < -0.3 is 0 Å². The number of hydrogen-bond donors (Lipinski definition) is 2. The maximum atomic E-state index is 11.6. The molecule has 26 heavy (non-hydrogen) atoms. The van der Waals surface area contributed by atoms with Gasteiger partial charge in [-0.05, 0) is 17.7 Å². The summed E-state index contributed by atoms with van der Waals surface area (Å²) in [6.07, 6.45) is 2.92. The summed E-state index contributed by atoms with van der Waals surface area (Å²) in [6, 6.07) is 13.5. The van der Waals surface area contributed by atoms with Crippen LogP contribution in [0.3, 0.4) is 0 Å². The third-order valence-electron chi connectivity index (χ3n) is 4.27. The molecule has 3 aromatic rings. The van der Waals surface area contributed by atoms with Crippen molar-refractivity contribution in [3.8, 4) is 11.1 Å². The Morgan fingerprint density at radius 2 is 1.92 bits per heavy atom. The summed E-state index contributed by atoms with van der Waals surface area (Å²) in [5.74, 6) is 0.594. The minimum absolute atomic E-state index is 0.0262. The first-order valence-corrected chi connectivity index (χ1v) is 9.61. The molecule has 0 saturated heterocycles. The summed E-state index contributed by atoms with van der Waals surface area (Å²) in [5.41, 5.74) is 2.58. The van der Waals surface area contributed by atoms with Crippen LogP contribution < -0.4 is 9.62 Å². The second kappa shape index (κ2) is 5.75. The lowest BCUT2D eigenvalue weighted by Crippen LogP contribution is -2.36. The highest BCUT2D eigenvalue weighted by Gasteiger charge is 2.35. The Morgan fingerprint density at radius 3 is 2.58 bits per heavy atom. The molecule has 4 rings (SSSR count). The summed E-state index contributed by atoms with van der Waals surface area (Å²) in [6.45, 7) is 0. The lowest BCUT2D eigenvalue weighted by atomic mass is 10.0. The molecular formula is C17H15ClN5O2S+. The van der Waals surface area contributed by atoms with E-state index < -0.39 is 10.0 Å². The van der Waals surface area contributed by atoms with E-state index >= 15 is 0 Å². The van der Waals surface area contributed by atoms with Crippen molar-refractivity contribution < 1.29 is 8.42 Å². The van der Waals surface area contributed by atoms with Gasteiger partial charge in [-0.15, -0.1) is 5.10 Å². The number of aliphatic imine (C=N–C) groups is 1. The molecule has 1 aliphatic rings. The monoisotopic (exact) mass is 388 g/mol. The standard InChI is InChI=1S/C17H15ClN5O2S/c1-23(9-16(20-10-23)26(19,24)25)17-13-7-12(11-5-3-2-4-6-11)14(18)8-15(13)21-22-17/h2-10H,1H3,(H,21,22)(H2,19,24,25)/q+1. The number of aromatic nitrogens is 2. The van der Waals surface area contributed by atoms with Gasteiger partial charge in [0, 0.05) is 5.56 Å². The van der Waals surface area contributed by atoms with Crippen molar-refractivity contribution in [3.63, 3.8) is 0 Å². The fourth-order valence-electron chi connectivity index (χ4n) is 2.97. The van der Waals surface area contributed by atoms with Gasteiger partial charge in [0.05, 0.1) is 23.0 Å². The number of quaternary nitrogens is 1. The van der Waals surface area contributed by atoms with Crippen LogP contribution in [0.15, 0.2) is 58.7 Å².